The second kappa shape index (κ2) is 7.42. The van der Waals surface area contributed by atoms with Crippen LogP contribution in [0.15, 0.2) is 59.5 Å². The molecule has 2 aromatic carbocycles. The van der Waals surface area contributed by atoms with E-state index in [0.717, 1.165) is 11.3 Å². The highest BCUT2D eigenvalue weighted by Gasteiger charge is 2.14. The van der Waals surface area contributed by atoms with Crippen molar-refractivity contribution in [3.8, 4) is 5.75 Å². The summed E-state index contributed by atoms with van der Waals surface area (Å²) in [5.74, 6) is 0.917. The van der Waals surface area contributed by atoms with E-state index < -0.39 is 9.84 Å². The van der Waals surface area contributed by atoms with Gasteiger partial charge in [0.25, 0.3) is 0 Å². The quantitative estimate of drug-likeness (QED) is 0.787. The van der Waals surface area contributed by atoms with Crippen molar-refractivity contribution in [2.75, 3.05) is 26.5 Å². The molecule has 0 heterocycles. The first-order valence-corrected chi connectivity index (χ1v) is 8.76. The fourth-order valence-electron chi connectivity index (χ4n) is 2.18. The van der Waals surface area contributed by atoms with Gasteiger partial charge in [-0.3, -0.25) is 0 Å². The predicted molar refractivity (Wildman–Crippen MR) is 87.8 cm³/mol. The standard InChI is InChI=1S/C17H21NO3S/c1-18(14-15-7-6-8-16(13-15)21-2)11-12-22(19,20)17-9-4-3-5-10-17/h3-10,13H,11-12,14H2,1-2H3. The maximum atomic E-state index is 12.2. The molecule has 0 saturated heterocycles. The first kappa shape index (κ1) is 16.5. The van der Waals surface area contributed by atoms with Crippen LogP contribution >= 0.6 is 0 Å². The van der Waals surface area contributed by atoms with E-state index in [1.165, 1.54) is 0 Å². The van der Waals surface area contributed by atoms with Gasteiger partial charge in [-0.2, -0.15) is 0 Å². The minimum absolute atomic E-state index is 0.109. The van der Waals surface area contributed by atoms with Gasteiger partial charge in [-0.25, -0.2) is 8.42 Å². The van der Waals surface area contributed by atoms with Crippen LogP contribution in [0.2, 0.25) is 0 Å². The van der Waals surface area contributed by atoms with Crippen molar-refractivity contribution in [1.29, 1.82) is 0 Å². The molecule has 4 nitrogen and oxygen atoms in total. The molecule has 0 unspecified atom stereocenters. The number of sulfone groups is 1. The lowest BCUT2D eigenvalue weighted by atomic mass is 10.2. The molecule has 118 valence electrons. The Morgan fingerprint density at radius 3 is 2.45 bits per heavy atom. The van der Waals surface area contributed by atoms with Crippen molar-refractivity contribution in [1.82, 2.24) is 4.90 Å². The minimum Gasteiger partial charge on any atom is -0.497 e. The van der Waals surface area contributed by atoms with Gasteiger partial charge in [-0.05, 0) is 36.9 Å². The molecule has 0 aliphatic carbocycles. The molecule has 2 aromatic rings. The van der Waals surface area contributed by atoms with Crippen molar-refractivity contribution < 1.29 is 13.2 Å². The first-order chi connectivity index (χ1) is 10.5. The molecule has 0 bridgehead atoms. The zero-order valence-electron chi connectivity index (χ0n) is 12.9. The molecule has 0 aromatic heterocycles. The first-order valence-electron chi connectivity index (χ1n) is 7.10. The van der Waals surface area contributed by atoms with Gasteiger partial charge in [0.1, 0.15) is 5.75 Å². The minimum atomic E-state index is -3.23. The molecule has 0 aliphatic rings. The Morgan fingerprint density at radius 1 is 1.05 bits per heavy atom. The fourth-order valence-corrected chi connectivity index (χ4v) is 3.54. The summed E-state index contributed by atoms with van der Waals surface area (Å²) < 4.78 is 29.7. The summed E-state index contributed by atoms with van der Waals surface area (Å²) in [5.41, 5.74) is 1.10. The van der Waals surface area contributed by atoms with E-state index in [1.54, 1.807) is 31.4 Å². The van der Waals surface area contributed by atoms with Gasteiger partial charge >= 0.3 is 0 Å². The lowest BCUT2D eigenvalue weighted by Gasteiger charge is -2.17. The molecule has 0 aliphatic heterocycles. The van der Waals surface area contributed by atoms with Crippen molar-refractivity contribution >= 4 is 9.84 Å². The summed E-state index contributed by atoms with van der Waals surface area (Å²) >= 11 is 0. The van der Waals surface area contributed by atoms with E-state index in [2.05, 4.69) is 0 Å². The van der Waals surface area contributed by atoms with Crippen LogP contribution in [0.25, 0.3) is 0 Å². The summed E-state index contributed by atoms with van der Waals surface area (Å²) in [7, 11) is 0.324. The van der Waals surface area contributed by atoms with Crippen LogP contribution in [0.5, 0.6) is 5.75 Å². The zero-order valence-corrected chi connectivity index (χ0v) is 13.7. The van der Waals surface area contributed by atoms with Crippen LogP contribution in [0.4, 0.5) is 0 Å². The highest BCUT2D eigenvalue weighted by Crippen LogP contribution is 2.14. The lowest BCUT2D eigenvalue weighted by Crippen LogP contribution is -2.25. The maximum Gasteiger partial charge on any atom is 0.179 e. The highest BCUT2D eigenvalue weighted by atomic mass is 32.2. The summed E-state index contributed by atoms with van der Waals surface area (Å²) in [6.07, 6.45) is 0. The van der Waals surface area contributed by atoms with Crippen LogP contribution in [0.3, 0.4) is 0 Å². The topological polar surface area (TPSA) is 46.6 Å². The number of hydrogen-bond acceptors (Lipinski definition) is 4. The highest BCUT2D eigenvalue weighted by molar-refractivity contribution is 7.91. The Labute approximate surface area is 132 Å². The fraction of sp³-hybridized carbons (Fsp3) is 0.294. The van der Waals surface area contributed by atoms with E-state index in [9.17, 15) is 8.42 Å². The number of methoxy groups -OCH3 is 1. The third kappa shape index (κ3) is 4.58. The van der Waals surface area contributed by atoms with Crippen LogP contribution in [0.1, 0.15) is 5.56 Å². The van der Waals surface area contributed by atoms with Crippen molar-refractivity contribution in [2.45, 2.75) is 11.4 Å². The predicted octanol–water partition coefficient (Wildman–Crippen LogP) is 2.60. The molecular weight excluding hydrogens is 298 g/mol. The second-order valence-corrected chi connectivity index (χ2v) is 7.33. The molecule has 2 rings (SSSR count). The van der Waals surface area contributed by atoms with Gasteiger partial charge in [0.2, 0.25) is 0 Å². The molecule has 0 fully saturated rings. The second-order valence-electron chi connectivity index (χ2n) is 5.22. The van der Waals surface area contributed by atoms with Gasteiger partial charge in [0, 0.05) is 13.1 Å². The van der Waals surface area contributed by atoms with E-state index in [1.807, 2.05) is 42.3 Å². The molecule has 0 saturated carbocycles. The summed E-state index contributed by atoms with van der Waals surface area (Å²) in [6.45, 7) is 1.16. The normalized spacial score (nSPS) is 11.6. The third-order valence-electron chi connectivity index (χ3n) is 3.43. The summed E-state index contributed by atoms with van der Waals surface area (Å²) in [5, 5.41) is 0. The molecule has 0 N–H and O–H groups in total. The molecule has 22 heavy (non-hydrogen) atoms. The molecule has 0 amide bonds. The van der Waals surface area contributed by atoms with Crippen LogP contribution < -0.4 is 4.74 Å². The maximum absolute atomic E-state index is 12.2. The van der Waals surface area contributed by atoms with Crippen LogP contribution in [-0.2, 0) is 16.4 Å². The molecule has 0 radical (unpaired) electrons. The monoisotopic (exact) mass is 319 g/mol. The average Bonchev–Trinajstić information content (AvgIpc) is 2.54. The van der Waals surface area contributed by atoms with Crippen LogP contribution in [0, 0.1) is 0 Å². The Morgan fingerprint density at radius 2 is 1.77 bits per heavy atom. The number of benzene rings is 2. The largest absolute Gasteiger partial charge is 0.497 e. The zero-order chi connectivity index (χ0) is 16.0. The molecular formula is C17H21NO3S. The third-order valence-corrected chi connectivity index (χ3v) is 5.14. The van der Waals surface area contributed by atoms with E-state index >= 15 is 0 Å². The lowest BCUT2D eigenvalue weighted by molar-refractivity contribution is 0.344. The van der Waals surface area contributed by atoms with E-state index in [-0.39, 0.29) is 5.75 Å². The Hall–Kier alpha value is -1.85. The molecule has 5 heteroatoms. The molecule has 0 spiro atoms. The van der Waals surface area contributed by atoms with E-state index in [4.69, 9.17) is 4.74 Å². The van der Waals surface area contributed by atoms with E-state index in [0.29, 0.717) is 18.0 Å². The van der Waals surface area contributed by atoms with Gasteiger partial charge < -0.3 is 9.64 Å². The van der Waals surface area contributed by atoms with Gasteiger partial charge in [-0.15, -0.1) is 0 Å². The smallest absolute Gasteiger partial charge is 0.179 e. The summed E-state index contributed by atoms with van der Waals surface area (Å²) in [6, 6.07) is 16.4. The van der Waals surface area contributed by atoms with Crippen LogP contribution in [-0.4, -0.2) is 39.8 Å². The van der Waals surface area contributed by atoms with Gasteiger partial charge in [0.15, 0.2) is 9.84 Å². The summed E-state index contributed by atoms with van der Waals surface area (Å²) in [4.78, 5) is 2.37. The Balaban J connectivity index is 1.94. The van der Waals surface area contributed by atoms with Crippen molar-refractivity contribution in [2.24, 2.45) is 0 Å². The van der Waals surface area contributed by atoms with Crippen molar-refractivity contribution in [3.63, 3.8) is 0 Å². The SMILES string of the molecule is COc1cccc(CN(C)CCS(=O)(=O)c2ccccc2)c1. The Kier molecular flexibility index (Phi) is 5.57. The Bertz CT molecular complexity index is 699. The molecule has 0 atom stereocenters. The number of rotatable bonds is 7. The number of hydrogen-bond donors (Lipinski definition) is 0. The van der Waals surface area contributed by atoms with Gasteiger partial charge in [0.05, 0.1) is 17.8 Å². The number of nitrogens with zero attached hydrogens (tertiary/aromatic N) is 1. The average molecular weight is 319 g/mol. The van der Waals surface area contributed by atoms with Crippen molar-refractivity contribution in [3.05, 3.63) is 60.2 Å². The van der Waals surface area contributed by atoms with Gasteiger partial charge in [-0.1, -0.05) is 30.3 Å². The number of ether oxygens (including phenoxy) is 1.